The summed E-state index contributed by atoms with van der Waals surface area (Å²) in [7, 11) is 3.24. The molecule has 0 heterocycles. The number of benzene rings is 2. The van der Waals surface area contributed by atoms with Gasteiger partial charge in [0, 0.05) is 18.7 Å². The van der Waals surface area contributed by atoms with Gasteiger partial charge in [-0.2, -0.15) is 0 Å². The minimum atomic E-state index is -0.722. The molecule has 0 fully saturated rings. The van der Waals surface area contributed by atoms with Crippen molar-refractivity contribution in [2.75, 3.05) is 27.3 Å². The molecule has 1 N–H and O–H groups in total. The summed E-state index contributed by atoms with van der Waals surface area (Å²) < 4.78 is 37.4. The molecular formula is C19H23F2NO3. The van der Waals surface area contributed by atoms with Crippen molar-refractivity contribution in [3.63, 3.8) is 0 Å². The van der Waals surface area contributed by atoms with Crippen LogP contribution in [0.4, 0.5) is 8.78 Å². The third kappa shape index (κ3) is 6.08. The molecule has 2 aromatic rings. The van der Waals surface area contributed by atoms with Crippen molar-refractivity contribution in [3.05, 3.63) is 65.2 Å². The molecule has 136 valence electrons. The lowest BCUT2D eigenvalue weighted by Crippen LogP contribution is -2.31. The zero-order chi connectivity index (χ0) is 18.2. The van der Waals surface area contributed by atoms with Crippen LogP contribution < -0.4 is 4.74 Å². The number of rotatable bonds is 9. The average Bonchev–Trinajstić information content (AvgIpc) is 2.56. The standard InChI is InChI=1S/C19H23F2NO3/c1-22(10-14-7-8-19(24-2)18(21)9-14)11-16(23)13-25-12-15-5-3-4-6-17(15)20/h3-9,16,23H,10-13H2,1-2H3. The Hall–Kier alpha value is -2.02. The molecule has 25 heavy (non-hydrogen) atoms. The van der Waals surface area contributed by atoms with Gasteiger partial charge in [-0.25, -0.2) is 8.78 Å². The number of hydrogen-bond acceptors (Lipinski definition) is 4. The van der Waals surface area contributed by atoms with Gasteiger partial charge in [-0.3, -0.25) is 4.90 Å². The summed E-state index contributed by atoms with van der Waals surface area (Å²) in [6.45, 7) is 1.03. The number of nitrogens with zero attached hydrogens (tertiary/aromatic N) is 1. The zero-order valence-corrected chi connectivity index (χ0v) is 14.4. The van der Waals surface area contributed by atoms with Crippen LogP contribution in [0.15, 0.2) is 42.5 Å². The van der Waals surface area contributed by atoms with E-state index in [4.69, 9.17) is 9.47 Å². The number of methoxy groups -OCH3 is 1. The highest BCUT2D eigenvalue weighted by atomic mass is 19.1. The van der Waals surface area contributed by atoms with Gasteiger partial charge in [0.05, 0.1) is 26.4 Å². The van der Waals surface area contributed by atoms with Crippen molar-refractivity contribution >= 4 is 0 Å². The van der Waals surface area contributed by atoms with Gasteiger partial charge in [0.1, 0.15) is 5.82 Å². The summed E-state index contributed by atoms with van der Waals surface area (Å²) in [5.74, 6) is -0.536. The number of likely N-dealkylation sites (N-methyl/N-ethyl adjacent to an activating group) is 1. The maximum atomic E-state index is 13.7. The van der Waals surface area contributed by atoms with Crippen LogP contribution >= 0.6 is 0 Å². The lowest BCUT2D eigenvalue weighted by atomic mass is 10.2. The molecule has 0 aliphatic heterocycles. The molecule has 0 spiro atoms. The molecule has 6 heteroatoms. The van der Waals surface area contributed by atoms with E-state index in [9.17, 15) is 13.9 Å². The topological polar surface area (TPSA) is 41.9 Å². The Morgan fingerprint density at radius 1 is 1.12 bits per heavy atom. The minimum absolute atomic E-state index is 0.0929. The summed E-state index contributed by atoms with van der Waals surface area (Å²) in [5, 5.41) is 10.0. The normalized spacial score (nSPS) is 12.4. The van der Waals surface area contributed by atoms with E-state index in [0.717, 1.165) is 5.56 Å². The fourth-order valence-electron chi connectivity index (χ4n) is 2.52. The highest BCUT2D eigenvalue weighted by Crippen LogP contribution is 2.18. The SMILES string of the molecule is COc1ccc(CN(C)CC(O)COCc2ccccc2F)cc1F. The average molecular weight is 351 g/mol. The van der Waals surface area contributed by atoms with Crippen LogP contribution in [-0.4, -0.2) is 43.4 Å². The van der Waals surface area contributed by atoms with Crippen molar-refractivity contribution < 1.29 is 23.4 Å². The van der Waals surface area contributed by atoms with Crippen molar-refractivity contribution in [1.82, 2.24) is 4.90 Å². The second-order valence-corrected chi connectivity index (χ2v) is 5.93. The molecule has 4 nitrogen and oxygen atoms in total. The Bertz CT molecular complexity index is 681. The zero-order valence-electron chi connectivity index (χ0n) is 14.4. The van der Waals surface area contributed by atoms with Gasteiger partial charge >= 0.3 is 0 Å². The molecule has 2 aromatic carbocycles. The van der Waals surface area contributed by atoms with Gasteiger partial charge < -0.3 is 14.6 Å². The highest BCUT2D eigenvalue weighted by molar-refractivity contribution is 5.29. The molecule has 0 amide bonds. The van der Waals surface area contributed by atoms with Crippen LogP contribution in [0, 0.1) is 11.6 Å². The number of aliphatic hydroxyl groups excluding tert-OH is 1. The molecular weight excluding hydrogens is 328 g/mol. The third-order valence-corrected chi connectivity index (χ3v) is 3.72. The summed E-state index contributed by atoms with van der Waals surface area (Å²) in [4.78, 5) is 1.86. The lowest BCUT2D eigenvalue weighted by molar-refractivity contribution is 0.0119. The molecule has 1 atom stereocenters. The summed E-state index contributed by atoms with van der Waals surface area (Å²) in [6.07, 6.45) is -0.722. The van der Waals surface area contributed by atoms with Crippen LogP contribution in [0.1, 0.15) is 11.1 Å². The van der Waals surface area contributed by atoms with E-state index < -0.39 is 11.9 Å². The summed E-state index contributed by atoms with van der Waals surface area (Å²) in [6, 6.07) is 11.1. The Kier molecular flexibility index (Phi) is 7.31. The van der Waals surface area contributed by atoms with Crippen molar-refractivity contribution in [2.45, 2.75) is 19.3 Å². The van der Waals surface area contributed by atoms with Gasteiger partial charge in [0.15, 0.2) is 11.6 Å². The van der Waals surface area contributed by atoms with Crippen molar-refractivity contribution in [1.29, 1.82) is 0 Å². The Balaban J connectivity index is 1.75. The number of ether oxygens (including phenoxy) is 2. The van der Waals surface area contributed by atoms with Gasteiger partial charge in [-0.1, -0.05) is 24.3 Å². The van der Waals surface area contributed by atoms with Crippen LogP contribution in [0.2, 0.25) is 0 Å². The fraction of sp³-hybridized carbons (Fsp3) is 0.368. The third-order valence-electron chi connectivity index (χ3n) is 3.72. The number of aliphatic hydroxyl groups is 1. The first-order valence-electron chi connectivity index (χ1n) is 7.99. The quantitative estimate of drug-likeness (QED) is 0.754. The van der Waals surface area contributed by atoms with E-state index in [-0.39, 0.29) is 24.8 Å². The molecule has 2 rings (SSSR count). The van der Waals surface area contributed by atoms with E-state index >= 15 is 0 Å². The highest BCUT2D eigenvalue weighted by Gasteiger charge is 2.11. The first-order chi connectivity index (χ1) is 12.0. The number of hydrogen-bond donors (Lipinski definition) is 1. The molecule has 0 bridgehead atoms. The van der Waals surface area contributed by atoms with E-state index in [0.29, 0.717) is 18.7 Å². The maximum absolute atomic E-state index is 13.7. The van der Waals surface area contributed by atoms with Crippen molar-refractivity contribution in [2.24, 2.45) is 0 Å². The van der Waals surface area contributed by atoms with Crippen LogP contribution in [0.5, 0.6) is 5.75 Å². The Morgan fingerprint density at radius 3 is 2.56 bits per heavy atom. The summed E-state index contributed by atoms with van der Waals surface area (Å²) in [5.41, 5.74) is 1.23. The van der Waals surface area contributed by atoms with E-state index in [2.05, 4.69) is 0 Å². The molecule has 0 radical (unpaired) electrons. The second kappa shape index (κ2) is 9.46. The largest absolute Gasteiger partial charge is 0.494 e. The van der Waals surface area contributed by atoms with Crippen LogP contribution in [0.3, 0.4) is 0 Å². The van der Waals surface area contributed by atoms with Gasteiger partial charge in [-0.15, -0.1) is 0 Å². The molecule has 0 saturated carbocycles. The molecule has 1 unspecified atom stereocenters. The lowest BCUT2D eigenvalue weighted by Gasteiger charge is -2.21. The van der Waals surface area contributed by atoms with E-state index in [1.54, 1.807) is 30.3 Å². The first-order valence-corrected chi connectivity index (χ1v) is 7.99. The maximum Gasteiger partial charge on any atom is 0.165 e. The van der Waals surface area contributed by atoms with E-state index in [1.807, 2.05) is 11.9 Å². The predicted molar refractivity (Wildman–Crippen MR) is 91.3 cm³/mol. The Labute approximate surface area is 146 Å². The molecule has 0 saturated heterocycles. The summed E-state index contributed by atoms with van der Waals surface area (Å²) >= 11 is 0. The molecule has 0 aliphatic rings. The van der Waals surface area contributed by atoms with Crippen LogP contribution in [-0.2, 0) is 17.9 Å². The monoisotopic (exact) mass is 351 g/mol. The Morgan fingerprint density at radius 2 is 1.88 bits per heavy atom. The second-order valence-electron chi connectivity index (χ2n) is 5.93. The minimum Gasteiger partial charge on any atom is -0.494 e. The molecule has 0 aromatic heterocycles. The molecule has 0 aliphatic carbocycles. The predicted octanol–water partition coefficient (Wildman–Crippen LogP) is 2.98. The first kappa shape index (κ1) is 19.3. The van der Waals surface area contributed by atoms with Gasteiger partial charge in [0.2, 0.25) is 0 Å². The fourth-order valence-corrected chi connectivity index (χ4v) is 2.52. The van der Waals surface area contributed by atoms with Crippen molar-refractivity contribution in [3.8, 4) is 5.75 Å². The number of halogens is 2. The van der Waals surface area contributed by atoms with Crippen LogP contribution in [0.25, 0.3) is 0 Å². The smallest absolute Gasteiger partial charge is 0.165 e. The van der Waals surface area contributed by atoms with E-state index in [1.165, 1.54) is 19.2 Å². The van der Waals surface area contributed by atoms with Gasteiger partial charge in [0.25, 0.3) is 0 Å². The van der Waals surface area contributed by atoms with Gasteiger partial charge in [-0.05, 0) is 30.8 Å².